The molecule has 1 fully saturated rings. The minimum absolute atomic E-state index is 0.139. The average molecular weight is 367 g/mol. The van der Waals surface area contributed by atoms with Crippen molar-refractivity contribution < 1.29 is 14.3 Å². The number of carbonyl (C=O) groups excluding carboxylic acids is 1. The van der Waals surface area contributed by atoms with Gasteiger partial charge in [-0.2, -0.15) is 0 Å². The van der Waals surface area contributed by atoms with E-state index in [0.29, 0.717) is 37.3 Å². The predicted molar refractivity (Wildman–Crippen MR) is 87.8 cm³/mol. The van der Waals surface area contributed by atoms with Gasteiger partial charge in [0.15, 0.2) is 5.76 Å². The number of benzene rings is 1. The van der Waals surface area contributed by atoms with Crippen LogP contribution in [0.1, 0.15) is 29.0 Å². The number of nitrogens with zero attached hydrogens (tertiary/aromatic N) is 1. The molecule has 1 aromatic heterocycles. The Morgan fingerprint density at radius 3 is 2.73 bits per heavy atom. The molecular weight excluding hydrogens is 348 g/mol. The van der Waals surface area contributed by atoms with Crippen LogP contribution in [0.25, 0.3) is 11.0 Å². The molecule has 3 N–H and O–H groups in total. The van der Waals surface area contributed by atoms with Crippen molar-refractivity contribution in [2.45, 2.75) is 25.4 Å². The number of halogens is 1. The fourth-order valence-electron chi connectivity index (χ4n) is 2.84. The molecule has 0 atom stereocenters. The maximum Gasteiger partial charge on any atom is 0.289 e. The number of furan rings is 1. The van der Waals surface area contributed by atoms with E-state index in [1.54, 1.807) is 11.0 Å². The topological polar surface area (TPSA) is 79.7 Å². The lowest BCUT2D eigenvalue weighted by atomic mass is 9.91. The Hall–Kier alpha value is -1.37. The Morgan fingerprint density at radius 1 is 1.41 bits per heavy atom. The molecule has 1 aliphatic rings. The lowest BCUT2D eigenvalue weighted by Crippen LogP contribution is -2.50. The van der Waals surface area contributed by atoms with Crippen molar-refractivity contribution in [2.75, 3.05) is 19.6 Å². The molecule has 1 amide bonds. The first-order valence-electron chi connectivity index (χ1n) is 7.33. The summed E-state index contributed by atoms with van der Waals surface area (Å²) in [5.74, 6) is 0.194. The molecule has 2 heterocycles. The number of amides is 1. The van der Waals surface area contributed by atoms with Crippen LogP contribution >= 0.6 is 15.9 Å². The quantitative estimate of drug-likeness (QED) is 0.855. The second-order valence-electron chi connectivity index (χ2n) is 6.00. The third-order valence-electron chi connectivity index (χ3n) is 4.29. The van der Waals surface area contributed by atoms with Crippen LogP contribution < -0.4 is 5.73 Å². The lowest BCUT2D eigenvalue weighted by Gasteiger charge is -2.37. The molecule has 1 aromatic carbocycles. The van der Waals surface area contributed by atoms with E-state index in [2.05, 4.69) is 15.9 Å². The van der Waals surface area contributed by atoms with Crippen LogP contribution in [0.4, 0.5) is 0 Å². The van der Waals surface area contributed by atoms with Crippen molar-refractivity contribution in [3.05, 3.63) is 34.0 Å². The van der Waals surface area contributed by atoms with Gasteiger partial charge in [0.05, 0.1) is 10.1 Å². The summed E-state index contributed by atoms with van der Waals surface area (Å²) in [4.78, 5) is 14.3. The molecular formula is C16H19BrN2O3. The van der Waals surface area contributed by atoms with Gasteiger partial charge in [0.25, 0.3) is 5.91 Å². The molecule has 0 aliphatic carbocycles. The SMILES string of the molecule is Cc1cc(Br)c2oc(C(=O)N3CCC(O)(CN)CC3)cc2c1. The van der Waals surface area contributed by atoms with Gasteiger partial charge < -0.3 is 20.2 Å². The molecule has 0 saturated carbocycles. The standard InChI is InChI=1S/C16H19BrN2O3/c1-10-6-11-8-13(22-14(11)12(17)7-10)15(20)19-4-2-16(21,9-18)3-5-19/h6-8,21H,2-5,9,18H2,1H3. The molecule has 0 unspecified atom stereocenters. The maximum absolute atomic E-state index is 12.6. The largest absolute Gasteiger partial charge is 0.450 e. The Morgan fingerprint density at radius 2 is 2.09 bits per heavy atom. The fourth-order valence-corrected chi connectivity index (χ4v) is 3.51. The van der Waals surface area contributed by atoms with Crippen LogP contribution in [-0.2, 0) is 0 Å². The molecule has 1 aliphatic heterocycles. The van der Waals surface area contributed by atoms with Gasteiger partial charge in [0.1, 0.15) is 5.58 Å². The van der Waals surface area contributed by atoms with Crippen LogP contribution in [0.3, 0.4) is 0 Å². The number of piperidine rings is 1. The summed E-state index contributed by atoms with van der Waals surface area (Å²) in [5.41, 5.74) is 6.52. The molecule has 2 aromatic rings. The van der Waals surface area contributed by atoms with E-state index in [-0.39, 0.29) is 12.5 Å². The van der Waals surface area contributed by atoms with E-state index in [1.807, 2.05) is 19.1 Å². The van der Waals surface area contributed by atoms with Gasteiger partial charge in [-0.1, -0.05) is 0 Å². The lowest BCUT2D eigenvalue weighted by molar-refractivity contribution is -0.0102. The third-order valence-corrected chi connectivity index (χ3v) is 4.88. The molecule has 118 valence electrons. The minimum atomic E-state index is -0.842. The number of fused-ring (bicyclic) bond motifs is 1. The zero-order chi connectivity index (χ0) is 15.9. The number of likely N-dealkylation sites (tertiary alicyclic amines) is 1. The normalized spacial score (nSPS) is 17.9. The first kappa shape index (κ1) is 15.5. The highest BCUT2D eigenvalue weighted by molar-refractivity contribution is 9.10. The van der Waals surface area contributed by atoms with E-state index >= 15 is 0 Å². The number of hydrogen-bond acceptors (Lipinski definition) is 4. The minimum Gasteiger partial charge on any atom is -0.450 e. The van der Waals surface area contributed by atoms with Crippen molar-refractivity contribution in [3.8, 4) is 0 Å². The number of hydrogen-bond donors (Lipinski definition) is 2. The van der Waals surface area contributed by atoms with E-state index in [9.17, 15) is 9.90 Å². The Kier molecular flexibility index (Phi) is 4.01. The predicted octanol–water partition coefficient (Wildman–Crippen LogP) is 2.43. The third kappa shape index (κ3) is 2.78. The van der Waals surface area contributed by atoms with Crippen LogP contribution in [0.2, 0.25) is 0 Å². The van der Waals surface area contributed by atoms with Crippen molar-refractivity contribution in [3.63, 3.8) is 0 Å². The molecule has 0 radical (unpaired) electrons. The number of rotatable bonds is 2. The summed E-state index contributed by atoms with van der Waals surface area (Å²) < 4.78 is 6.57. The van der Waals surface area contributed by atoms with Crippen LogP contribution in [0, 0.1) is 6.92 Å². The highest BCUT2D eigenvalue weighted by Gasteiger charge is 2.33. The van der Waals surface area contributed by atoms with Crippen LogP contribution in [0.5, 0.6) is 0 Å². The molecule has 6 heteroatoms. The Labute approximate surface area is 137 Å². The number of aliphatic hydroxyl groups is 1. The van der Waals surface area contributed by atoms with E-state index < -0.39 is 5.60 Å². The van der Waals surface area contributed by atoms with Crippen LogP contribution in [0.15, 0.2) is 27.1 Å². The first-order chi connectivity index (χ1) is 10.4. The second-order valence-corrected chi connectivity index (χ2v) is 6.85. The van der Waals surface area contributed by atoms with Crippen molar-refractivity contribution in [1.82, 2.24) is 4.90 Å². The summed E-state index contributed by atoms with van der Waals surface area (Å²) in [6, 6.07) is 5.73. The zero-order valence-electron chi connectivity index (χ0n) is 12.4. The fraction of sp³-hybridized carbons (Fsp3) is 0.438. The smallest absolute Gasteiger partial charge is 0.289 e. The number of aryl methyl sites for hydroxylation is 1. The summed E-state index contributed by atoms with van der Waals surface area (Å²) in [7, 11) is 0. The highest BCUT2D eigenvalue weighted by Crippen LogP contribution is 2.30. The van der Waals surface area contributed by atoms with Crippen molar-refractivity contribution in [2.24, 2.45) is 5.73 Å². The van der Waals surface area contributed by atoms with E-state index in [4.69, 9.17) is 10.2 Å². The Balaban J connectivity index is 1.83. The van der Waals surface area contributed by atoms with Gasteiger partial charge in [-0.15, -0.1) is 0 Å². The maximum atomic E-state index is 12.6. The molecule has 0 spiro atoms. The summed E-state index contributed by atoms with van der Waals surface area (Å²) in [6.45, 7) is 3.20. The van der Waals surface area contributed by atoms with Gasteiger partial charge >= 0.3 is 0 Å². The number of carbonyl (C=O) groups is 1. The van der Waals surface area contributed by atoms with Gasteiger partial charge in [-0.05, 0) is 59.5 Å². The molecule has 1 saturated heterocycles. The zero-order valence-corrected chi connectivity index (χ0v) is 14.0. The van der Waals surface area contributed by atoms with Gasteiger partial charge in [-0.3, -0.25) is 4.79 Å². The van der Waals surface area contributed by atoms with Gasteiger partial charge in [-0.25, -0.2) is 0 Å². The van der Waals surface area contributed by atoms with Gasteiger partial charge in [0, 0.05) is 25.0 Å². The molecule has 3 rings (SSSR count). The highest BCUT2D eigenvalue weighted by atomic mass is 79.9. The van der Waals surface area contributed by atoms with Crippen molar-refractivity contribution in [1.29, 1.82) is 0 Å². The van der Waals surface area contributed by atoms with Crippen molar-refractivity contribution >= 4 is 32.8 Å². The molecule has 22 heavy (non-hydrogen) atoms. The Bertz CT molecular complexity index is 717. The monoisotopic (exact) mass is 366 g/mol. The van der Waals surface area contributed by atoms with Crippen LogP contribution in [-0.4, -0.2) is 41.1 Å². The number of nitrogens with two attached hydrogens (primary N) is 1. The molecule has 0 bridgehead atoms. The van der Waals surface area contributed by atoms with E-state index in [1.165, 1.54) is 0 Å². The average Bonchev–Trinajstić information content (AvgIpc) is 2.91. The van der Waals surface area contributed by atoms with Gasteiger partial charge in [0.2, 0.25) is 0 Å². The first-order valence-corrected chi connectivity index (χ1v) is 8.12. The second kappa shape index (κ2) is 5.68. The summed E-state index contributed by atoms with van der Waals surface area (Å²) in [5, 5.41) is 11.0. The summed E-state index contributed by atoms with van der Waals surface area (Å²) in [6.07, 6.45) is 0.997. The summed E-state index contributed by atoms with van der Waals surface area (Å²) >= 11 is 3.46. The van der Waals surface area contributed by atoms with E-state index in [0.717, 1.165) is 15.4 Å². The molecule has 5 nitrogen and oxygen atoms in total.